The summed E-state index contributed by atoms with van der Waals surface area (Å²) in [5.74, 6) is 0. The van der Waals surface area contributed by atoms with E-state index in [1.807, 2.05) is 0 Å². The molecule has 1 aliphatic rings. The van der Waals surface area contributed by atoms with Gasteiger partial charge in [0.25, 0.3) is 0 Å². The van der Waals surface area contributed by atoms with Gasteiger partial charge in [-0.1, -0.05) is 66.2 Å². The second-order valence-corrected chi connectivity index (χ2v) is 7.00. The first kappa shape index (κ1) is 14.6. The van der Waals surface area contributed by atoms with Crippen molar-refractivity contribution in [1.29, 1.82) is 0 Å². The van der Waals surface area contributed by atoms with Crippen LogP contribution in [0.2, 0.25) is 0 Å². The van der Waals surface area contributed by atoms with Crippen LogP contribution in [0, 0.1) is 0 Å². The van der Waals surface area contributed by atoms with Crippen LogP contribution in [0.4, 0.5) is 11.4 Å². The Balaban J connectivity index is 2.10. The molecule has 2 aromatic carbocycles. The molecule has 0 radical (unpaired) electrons. The molecule has 0 aromatic heterocycles. The van der Waals surface area contributed by atoms with Crippen molar-refractivity contribution >= 4 is 27.3 Å². The molecular weight excluding hydrogens is 322 g/mol. The van der Waals surface area contributed by atoms with E-state index in [4.69, 9.17) is 0 Å². The Labute approximate surface area is 136 Å². The van der Waals surface area contributed by atoms with Crippen molar-refractivity contribution in [3.05, 3.63) is 59.7 Å². The lowest BCUT2D eigenvalue weighted by Crippen LogP contribution is -2.33. The Morgan fingerprint density at radius 2 is 1.38 bits per heavy atom. The number of anilines is 2. The normalized spacial score (nSPS) is 15.5. The van der Waals surface area contributed by atoms with Crippen LogP contribution in [-0.2, 0) is 5.41 Å². The summed E-state index contributed by atoms with van der Waals surface area (Å²) in [4.78, 5) is 2.50. The van der Waals surface area contributed by atoms with E-state index >= 15 is 0 Å². The SMILES string of the molecule is CC1(C)c2ccccc2N(CCCCBr)c2ccccc21. The number of para-hydroxylation sites is 2. The molecule has 0 saturated carbocycles. The maximum Gasteiger partial charge on any atom is 0.0452 e. The van der Waals surface area contributed by atoms with Gasteiger partial charge in [-0.05, 0) is 36.1 Å². The third kappa shape index (κ3) is 2.50. The van der Waals surface area contributed by atoms with E-state index in [-0.39, 0.29) is 5.41 Å². The summed E-state index contributed by atoms with van der Waals surface area (Å²) in [7, 11) is 0. The molecule has 1 aliphatic heterocycles. The molecule has 0 fully saturated rings. The van der Waals surface area contributed by atoms with E-state index in [1.165, 1.54) is 35.3 Å². The lowest BCUT2D eigenvalue weighted by Gasteiger charge is -2.42. The smallest absolute Gasteiger partial charge is 0.0452 e. The predicted molar refractivity (Wildman–Crippen MR) is 95.0 cm³/mol. The van der Waals surface area contributed by atoms with E-state index in [0.29, 0.717) is 0 Å². The van der Waals surface area contributed by atoms with Crippen molar-refractivity contribution in [2.24, 2.45) is 0 Å². The van der Waals surface area contributed by atoms with Gasteiger partial charge in [0.2, 0.25) is 0 Å². The van der Waals surface area contributed by atoms with Gasteiger partial charge in [-0.25, -0.2) is 0 Å². The standard InChI is InChI=1S/C19H22BrN/c1-19(2)15-9-3-5-11-17(15)21(14-8-7-13-20)18-12-6-4-10-16(18)19/h3-6,9-12H,7-8,13-14H2,1-2H3. The summed E-state index contributed by atoms with van der Waals surface area (Å²) >= 11 is 3.54. The van der Waals surface area contributed by atoms with Gasteiger partial charge in [0.05, 0.1) is 0 Å². The van der Waals surface area contributed by atoms with Crippen molar-refractivity contribution in [2.75, 3.05) is 16.8 Å². The average molecular weight is 344 g/mol. The van der Waals surface area contributed by atoms with Crippen LogP contribution in [0.5, 0.6) is 0 Å². The fourth-order valence-corrected chi connectivity index (χ4v) is 3.75. The van der Waals surface area contributed by atoms with Crippen molar-refractivity contribution in [1.82, 2.24) is 0 Å². The molecule has 0 bridgehead atoms. The molecule has 0 amide bonds. The second-order valence-electron chi connectivity index (χ2n) is 6.21. The summed E-state index contributed by atoms with van der Waals surface area (Å²) in [5.41, 5.74) is 5.68. The Hall–Kier alpha value is -1.28. The minimum absolute atomic E-state index is 0.0686. The number of halogens is 1. The van der Waals surface area contributed by atoms with Crippen molar-refractivity contribution in [3.8, 4) is 0 Å². The molecule has 0 unspecified atom stereocenters. The van der Waals surface area contributed by atoms with Crippen molar-refractivity contribution in [2.45, 2.75) is 32.1 Å². The van der Waals surface area contributed by atoms with Crippen LogP contribution in [0.15, 0.2) is 48.5 Å². The van der Waals surface area contributed by atoms with Gasteiger partial charge in [-0.15, -0.1) is 0 Å². The number of nitrogens with zero attached hydrogens (tertiary/aromatic N) is 1. The maximum atomic E-state index is 3.54. The second kappa shape index (κ2) is 5.84. The molecule has 0 spiro atoms. The summed E-state index contributed by atoms with van der Waals surface area (Å²) in [6, 6.07) is 17.7. The fourth-order valence-electron chi connectivity index (χ4n) is 3.36. The van der Waals surface area contributed by atoms with Crippen LogP contribution >= 0.6 is 15.9 Å². The molecule has 110 valence electrons. The fraction of sp³-hybridized carbons (Fsp3) is 0.368. The summed E-state index contributed by atoms with van der Waals surface area (Å²) in [5, 5.41) is 1.08. The van der Waals surface area contributed by atoms with Crippen LogP contribution in [0.1, 0.15) is 37.8 Å². The summed E-state index contributed by atoms with van der Waals surface area (Å²) < 4.78 is 0. The lowest BCUT2D eigenvalue weighted by atomic mass is 9.73. The van der Waals surface area contributed by atoms with E-state index < -0.39 is 0 Å². The molecule has 0 N–H and O–H groups in total. The first-order valence-corrected chi connectivity index (χ1v) is 8.81. The Morgan fingerprint density at radius 1 is 0.857 bits per heavy atom. The number of hydrogen-bond donors (Lipinski definition) is 0. The van der Waals surface area contributed by atoms with Gasteiger partial charge >= 0.3 is 0 Å². The maximum absolute atomic E-state index is 3.54. The third-order valence-electron chi connectivity index (χ3n) is 4.50. The van der Waals surface area contributed by atoms with Crippen LogP contribution < -0.4 is 4.90 Å². The van der Waals surface area contributed by atoms with Gasteiger partial charge in [0.1, 0.15) is 0 Å². The van der Waals surface area contributed by atoms with Gasteiger partial charge < -0.3 is 4.90 Å². The van der Waals surface area contributed by atoms with Gasteiger partial charge in [-0.3, -0.25) is 0 Å². The zero-order valence-electron chi connectivity index (χ0n) is 12.8. The molecule has 2 heteroatoms. The van der Waals surface area contributed by atoms with E-state index in [2.05, 4.69) is 83.2 Å². The summed E-state index contributed by atoms with van der Waals surface area (Å²) in [6.07, 6.45) is 2.42. The third-order valence-corrected chi connectivity index (χ3v) is 5.06. The Kier molecular flexibility index (Phi) is 4.08. The minimum Gasteiger partial charge on any atom is -0.341 e. The van der Waals surface area contributed by atoms with Crippen LogP contribution in [-0.4, -0.2) is 11.9 Å². The largest absolute Gasteiger partial charge is 0.341 e. The highest BCUT2D eigenvalue weighted by Crippen LogP contribution is 2.48. The van der Waals surface area contributed by atoms with E-state index in [9.17, 15) is 0 Å². The number of alkyl halides is 1. The van der Waals surface area contributed by atoms with Crippen LogP contribution in [0.3, 0.4) is 0 Å². The quantitative estimate of drug-likeness (QED) is 0.512. The molecule has 3 rings (SSSR count). The molecule has 0 atom stereocenters. The van der Waals surface area contributed by atoms with Gasteiger partial charge in [0.15, 0.2) is 0 Å². The first-order chi connectivity index (χ1) is 10.2. The Morgan fingerprint density at radius 3 is 1.90 bits per heavy atom. The zero-order valence-corrected chi connectivity index (χ0v) is 14.4. The minimum atomic E-state index is 0.0686. The molecule has 0 aliphatic carbocycles. The topological polar surface area (TPSA) is 3.24 Å². The molecule has 21 heavy (non-hydrogen) atoms. The highest BCUT2D eigenvalue weighted by molar-refractivity contribution is 9.09. The van der Waals surface area contributed by atoms with Gasteiger partial charge in [0, 0.05) is 28.7 Å². The number of unbranched alkanes of at least 4 members (excludes halogenated alkanes) is 1. The van der Waals surface area contributed by atoms with E-state index in [1.54, 1.807) is 0 Å². The summed E-state index contributed by atoms with van der Waals surface area (Å²) in [6.45, 7) is 5.75. The van der Waals surface area contributed by atoms with Crippen molar-refractivity contribution in [3.63, 3.8) is 0 Å². The molecule has 1 heterocycles. The highest BCUT2D eigenvalue weighted by atomic mass is 79.9. The number of fused-ring (bicyclic) bond motifs is 2. The number of rotatable bonds is 4. The molecule has 1 nitrogen and oxygen atoms in total. The highest BCUT2D eigenvalue weighted by Gasteiger charge is 2.35. The molecular formula is C19H22BrN. The lowest BCUT2D eigenvalue weighted by molar-refractivity contribution is 0.620. The van der Waals surface area contributed by atoms with E-state index in [0.717, 1.165) is 11.9 Å². The Bertz CT molecular complexity index is 583. The molecule has 0 saturated heterocycles. The predicted octanol–water partition coefficient (Wildman–Crippen LogP) is 5.64. The monoisotopic (exact) mass is 343 g/mol. The number of benzene rings is 2. The zero-order chi connectivity index (χ0) is 14.9. The van der Waals surface area contributed by atoms with Crippen molar-refractivity contribution < 1.29 is 0 Å². The van der Waals surface area contributed by atoms with Gasteiger partial charge in [-0.2, -0.15) is 0 Å². The van der Waals surface area contributed by atoms with Crippen LogP contribution in [0.25, 0.3) is 0 Å². The average Bonchev–Trinajstić information content (AvgIpc) is 2.51. The molecule has 2 aromatic rings. The first-order valence-electron chi connectivity index (χ1n) is 7.69. The number of hydrogen-bond acceptors (Lipinski definition) is 1.